The van der Waals surface area contributed by atoms with Gasteiger partial charge in [-0.15, -0.1) is 0 Å². The van der Waals surface area contributed by atoms with E-state index in [0.29, 0.717) is 14.5 Å². The van der Waals surface area contributed by atoms with E-state index >= 15 is 0 Å². The van der Waals surface area contributed by atoms with Gasteiger partial charge in [-0.1, -0.05) is 0 Å². The monoisotopic (exact) mass is 283 g/mol. The minimum absolute atomic E-state index is 0.517. The summed E-state index contributed by atoms with van der Waals surface area (Å²) < 4.78 is 6.76. The van der Waals surface area contributed by atoms with Gasteiger partial charge in [-0.2, -0.15) is 0 Å². The van der Waals surface area contributed by atoms with E-state index in [1.54, 1.807) is 7.11 Å². The first kappa shape index (κ1) is 11.7. The number of methoxy groups -OCH3 is 1. The van der Waals surface area contributed by atoms with Gasteiger partial charge in [0.1, 0.15) is 0 Å². The van der Waals surface area contributed by atoms with Crippen LogP contribution in [0.1, 0.15) is 12.5 Å². The minimum atomic E-state index is 0.517. The summed E-state index contributed by atoms with van der Waals surface area (Å²) in [7, 11) is 1.73. The van der Waals surface area contributed by atoms with E-state index in [1.165, 1.54) is 15.2 Å². The first-order chi connectivity index (χ1) is 7.85. The zero-order valence-corrected chi connectivity index (χ0v) is 11.5. The molecule has 0 radical (unpaired) electrons. The van der Waals surface area contributed by atoms with E-state index in [9.17, 15) is 0 Å². The summed E-state index contributed by atoms with van der Waals surface area (Å²) >= 11 is 0.517. The van der Waals surface area contributed by atoms with E-state index in [1.807, 2.05) is 0 Å². The van der Waals surface area contributed by atoms with Gasteiger partial charge >= 0.3 is 102 Å². The molecule has 0 saturated heterocycles. The van der Waals surface area contributed by atoms with Crippen molar-refractivity contribution in [1.82, 2.24) is 5.32 Å². The van der Waals surface area contributed by atoms with Crippen molar-refractivity contribution in [1.29, 1.82) is 0 Å². The van der Waals surface area contributed by atoms with Gasteiger partial charge in [0.25, 0.3) is 0 Å². The number of rotatable bonds is 5. The van der Waals surface area contributed by atoms with E-state index in [2.05, 4.69) is 35.4 Å². The number of fused-ring (bicyclic) bond motifs is 1. The maximum absolute atomic E-state index is 5.28. The third-order valence-electron chi connectivity index (χ3n) is 2.68. The Morgan fingerprint density at radius 2 is 2.25 bits per heavy atom. The Hall–Kier alpha value is -0.761. The van der Waals surface area contributed by atoms with Crippen molar-refractivity contribution in [3.05, 3.63) is 28.7 Å². The third kappa shape index (κ3) is 2.49. The van der Waals surface area contributed by atoms with Crippen LogP contribution in [0.15, 0.2) is 23.1 Å². The molecule has 0 aliphatic rings. The zero-order chi connectivity index (χ0) is 11.4. The molecule has 0 saturated carbocycles. The zero-order valence-electron chi connectivity index (χ0n) is 9.75. The van der Waals surface area contributed by atoms with Crippen molar-refractivity contribution in [3.8, 4) is 5.75 Å². The molecule has 2 nitrogen and oxygen atoms in total. The van der Waals surface area contributed by atoms with Crippen LogP contribution in [-0.4, -0.2) is 34.7 Å². The average molecular weight is 282 g/mol. The van der Waals surface area contributed by atoms with Gasteiger partial charge in [-0.3, -0.25) is 0 Å². The van der Waals surface area contributed by atoms with Crippen molar-refractivity contribution in [2.24, 2.45) is 0 Å². The molecule has 0 aliphatic carbocycles. The van der Waals surface area contributed by atoms with Crippen LogP contribution in [0.4, 0.5) is 0 Å². The van der Waals surface area contributed by atoms with E-state index in [4.69, 9.17) is 4.74 Å². The van der Waals surface area contributed by atoms with Crippen LogP contribution < -0.4 is 10.1 Å². The van der Waals surface area contributed by atoms with Crippen LogP contribution in [0.25, 0.3) is 9.65 Å². The molecule has 0 amide bonds. The summed E-state index contributed by atoms with van der Waals surface area (Å²) in [6, 6.07) is 6.43. The van der Waals surface area contributed by atoms with Crippen LogP contribution in [0.2, 0.25) is 0 Å². The predicted molar refractivity (Wildman–Crippen MR) is 69.7 cm³/mol. The Bertz CT molecular complexity index is 464. The second kappa shape index (κ2) is 5.53. The molecule has 1 aromatic carbocycles. The topological polar surface area (TPSA) is 21.3 Å². The van der Waals surface area contributed by atoms with Crippen molar-refractivity contribution < 1.29 is 4.74 Å². The maximum atomic E-state index is 5.28. The number of hydrogen-bond acceptors (Lipinski definition) is 2. The average Bonchev–Trinajstić information content (AvgIpc) is 2.72. The molecule has 2 rings (SSSR count). The van der Waals surface area contributed by atoms with E-state index in [0.717, 1.165) is 25.3 Å². The first-order valence-corrected chi connectivity index (χ1v) is 7.44. The van der Waals surface area contributed by atoms with Gasteiger partial charge in [0.2, 0.25) is 0 Å². The molecule has 0 unspecified atom stereocenters. The van der Waals surface area contributed by atoms with Crippen LogP contribution >= 0.6 is 0 Å². The molecule has 0 spiro atoms. The number of likely N-dealkylation sites (N-methyl/N-ethyl adjacent to an activating group) is 1. The second-order valence-corrected chi connectivity index (χ2v) is 5.64. The summed E-state index contributed by atoms with van der Waals surface area (Å²) in [5.41, 5.74) is 1.48. The quantitative estimate of drug-likeness (QED) is 0.669. The summed E-state index contributed by atoms with van der Waals surface area (Å²) in [6.07, 6.45) is 1.12. The fraction of sp³-hybridized carbons (Fsp3) is 0.385. The van der Waals surface area contributed by atoms with Gasteiger partial charge in [-0.05, 0) is 0 Å². The molecule has 0 aliphatic heterocycles. The second-order valence-electron chi connectivity index (χ2n) is 3.73. The summed E-state index contributed by atoms with van der Waals surface area (Å²) in [4.78, 5) is 2.40. The Labute approximate surface area is 102 Å². The number of nitrogens with one attached hydrogen (secondary N) is 1. The molecule has 3 heteroatoms. The summed E-state index contributed by atoms with van der Waals surface area (Å²) in [5.74, 6) is 0.964. The molecule has 0 atom stereocenters. The number of benzene rings is 1. The van der Waals surface area contributed by atoms with Crippen molar-refractivity contribution in [3.63, 3.8) is 0 Å². The molecular formula is C13H17NOSe. The van der Waals surface area contributed by atoms with Crippen molar-refractivity contribution >= 4 is 24.1 Å². The number of hydrogen-bond donors (Lipinski definition) is 1. The van der Waals surface area contributed by atoms with E-state index in [-0.39, 0.29) is 0 Å². The van der Waals surface area contributed by atoms with Gasteiger partial charge in [-0.25, -0.2) is 0 Å². The first-order valence-electron chi connectivity index (χ1n) is 5.60. The van der Waals surface area contributed by atoms with E-state index < -0.39 is 0 Å². The third-order valence-corrected chi connectivity index (χ3v) is 4.81. The summed E-state index contributed by atoms with van der Waals surface area (Å²) in [5, 5.41) is 4.77. The molecular weight excluding hydrogens is 265 g/mol. The van der Waals surface area contributed by atoms with Crippen LogP contribution in [0.3, 0.4) is 0 Å². The van der Waals surface area contributed by atoms with Gasteiger partial charge in [0.05, 0.1) is 0 Å². The van der Waals surface area contributed by atoms with Gasteiger partial charge in [0, 0.05) is 0 Å². The van der Waals surface area contributed by atoms with Crippen LogP contribution in [0.5, 0.6) is 5.75 Å². The van der Waals surface area contributed by atoms with Crippen molar-refractivity contribution in [2.75, 3.05) is 20.2 Å². The molecule has 0 fully saturated rings. The SMILES string of the molecule is CCNCCc1c[se]c2ccc(OC)cc12. The standard InChI is InChI=1S/C13H17NOSe/c1-3-14-7-6-10-9-16-13-5-4-11(15-2)8-12(10)13/h4-5,8-9,14H,3,6-7H2,1-2H3. The molecule has 1 aromatic heterocycles. The van der Waals surface area contributed by atoms with Crippen molar-refractivity contribution in [2.45, 2.75) is 13.3 Å². The van der Waals surface area contributed by atoms with Crippen LogP contribution in [0, 0.1) is 0 Å². The number of ether oxygens (including phenoxy) is 1. The Morgan fingerprint density at radius 3 is 3.00 bits per heavy atom. The fourth-order valence-electron chi connectivity index (χ4n) is 1.78. The Balaban J connectivity index is 2.24. The van der Waals surface area contributed by atoms with Crippen LogP contribution in [-0.2, 0) is 6.42 Å². The Morgan fingerprint density at radius 1 is 1.38 bits per heavy atom. The fourth-order valence-corrected chi connectivity index (χ4v) is 3.83. The predicted octanol–water partition coefficient (Wildman–Crippen LogP) is 2.06. The normalized spacial score (nSPS) is 10.9. The Kier molecular flexibility index (Phi) is 4.05. The molecule has 86 valence electrons. The molecule has 2 aromatic rings. The molecule has 0 bridgehead atoms. The molecule has 1 N–H and O–H groups in total. The molecule has 16 heavy (non-hydrogen) atoms. The summed E-state index contributed by atoms with van der Waals surface area (Å²) in [6.45, 7) is 4.25. The molecule has 1 heterocycles. The van der Waals surface area contributed by atoms with Gasteiger partial charge < -0.3 is 0 Å². The van der Waals surface area contributed by atoms with Gasteiger partial charge in [0.15, 0.2) is 0 Å².